The summed E-state index contributed by atoms with van der Waals surface area (Å²) in [7, 11) is 0. The Morgan fingerprint density at radius 2 is 1.84 bits per heavy atom. The van der Waals surface area contributed by atoms with E-state index in [4.69, 9.17) is 9.47 Å². The van der Waals surface area contributed by atoms with Crippen LogP contribution in [0.15, 0.2) is 42.5 Å². The zero-order valence-corrected chi connectivity index (χ0v) is 14.3. The van der Waals surface area contributed by atoms with Crippen LogP contribution in [-0.4, -0.2) is 24.6 Å². The summed E-state index contributed by atoms with van der Waals surface area (Å²) in [5.74, 6) is -1.04. The van der Waals surface area contributed by atoms with Crippen molar-refractivity contribution in [1.82, 2.24) is 0 Å². The summed E-state index contributed by atoms with van der Waals surface area (Å²) >= 11 is 0. The zero-order valence-electron chi connectivity index (χ0n) is 14.3. The summed E-state index contributed by atoms with van der Waals surface area (Å²) in [5, 5.41) is 2.64. The number of nitrogens with one attached hydrogen (secondary N) is 1. The molecule has 0 heterocycles. The predicted molar refractivity (Wildman–Crippen MR) is 92.3 cm³/mol. The van der Waals surface area contributed by atoms with E-state index in [0.29, 0.717) is 23.6 Å². The number of carbonyl (C=O) groups is 2. The maximum absolute atomic E-state index is 13.5. The number of hydrogen-bond acceptors (Lipinski definition) is 4. The third-order valence-corrected chi connectivity index (χ3v) is 3.49. The van der Waals surface area contributed by atoms with E-state index < -0.39 is 23.8 Å². The van der Waals surface area contributed by atoms with Crippen molar-refractivity contribution < 1.29 is 23.5 Å². The van der Waals surface area contributed by atoms with Gasteiger partial charge in [-0.2, -0.15) is 0 Å². The van der Waals surface area contributed by atoms with Crippen molar-refractivity contribution in [2.75, 3.05) is 11.9 Å². The third kappa shape index (κ3) is 5.04. The number of rotatable bonds is 6. The Hall–Kier alpha value is -2.89. The van der Waals surface area contributed by atoms with Crippen molar-refractivity contribution in [2.45, 2.75) is 26.9 Å². The maximum atomic E-state index is 13.5. The summed E-state index contributed by atoms with van der Waals surface area (Å²) in [6.45, 7) is 5.48. The van der Waals surface area contributed by atoms with E-state index in [1.54, 1.807) is 31.2 Å². The number of esters is 1. The molecule has 0 bridgehead atoms. The van der Waals surface area contributed by atoms with E-state index >= 15 is 0 Å². The van der Waals surface area contributed by atoms with Gasteiger partial charge >= 0.3 is 5.97 Å². The largest absolute Gasteiger partial charge is 0.494 e. The van der Waals surface area contributed by atoms with Gasteiger partial charge in [-0.15, -0.1) is 0 Å². The van der Waals surface area contributed by atoms with Gasteiger partial charge in [0.15, 0.2) is 6.10 Å². The van der Waals surface area contributed by atoms with Gasteiger partial charge in [-0.1, -0.05) is 6.07 Å². The smallest absolute Gasteiger partial charge is 0.339 e. The molecule has 132 valence electrons. The highest BCUT2D eigenvalue weighted by atomic mass is 19.1. The lowest BCUT2D eigenvalue weighted by atomic mass is 10.1. The van der Waals surface area contributed by atoms with Gasteiger partial charge in [-0.3, -0.25) is 4.79 Å². The molecule has 1 atom stereocenters. The van der Waals surface area contributed by atoms with E-state index in [-0.39, 0.29) is 5.56 Å². The zero-order chi connectivity index (χ0) is 18.4. The van der Waals surface area contributed by atoms with Gasteiger partial charge in [0.25, 0.3) is 5.91 Å². The Morgan fingerprint density at radius 3 is 2.44 bits per heavy atom. The van der Waals surface area contributed by atoms with E-state index in [0.717, 1.165) is 6.07 Å². The van der Waals surface area contributed by atoms with Crippen LogP contribution in [-0.2, 0) is 9.53 Å². The van der Waals surface area contributed by atoms with Gasteiger partial charge in [-0.05, 0) is 62.7 Å². The van der Waals surface area contributed by atoms with Crippen molar-refractivity contribution in [1.29, 1.82) is 0 Å². The van der Waals surface area contributed by atoms with Crippen LogP contribution in [0.2, 0.25) is 0 Å². The second kappa shape index (κ2) is 8.28. The first-order valence-electron chi connectivity index (χ1n) is 7.91. The summed E-state index contributed by atoms with van der Waals surface area (Å²) in [4.78, 5) is 24.1. The Kier molecular flexibility index (Phi) is 6.11. The molecule has 25 heavy (non-hydrogen) atoms. The minimum Gasteiger partial charge on any atom is -0.494 e. The minimum absolute atomic E-state index is 0.0591. The fourth-order valence-corrected chi connectivity index (χ4v) is 2.05. The molecule has 0 aliphatic heterocycles. The van der Waals surface area contributed by atoms with Crippen LogP contribution in [0, 0.1) is 12.7 Å². The van der Waals surface area contributed by atoms with Gasteiger partial charge in [0.1, 0.15) is 11.6 Å². The molecule has 0 saturated carbocycles. The second-order valence-corrected chi connectivity index (χ2v) is 5.46. The van der Waals surface area contributed by atoms with Crippen LogP contribution in [0.4, 0.5) is 10.1 Å². The third-order valence-electron chi connectivity index (χ3n) is 3.49. The SMILES string of the molecule is CCOc1ccc(NC(=O)[C@@H](C)OC(=O)c2ccc(C)c(F)c2)cc1. The van der Waals surface area contributed by atoms with Gasteiger partial charge in [0, 0.05) is 5.69 Å². The van der Waals surface area contributed by atoms with E-state index in [1.807, 2.05) is 6.92 Å². The molecular weight excluding hydrogens is 325 g/mol. The molecule has 6 heteroatoms. The molecule has 2 rings (SSSR count). The number of ether oxygens (including phenoxy) is 2. The first-order valence-corrected chi connectivity index (χ1v) is 7.91. The molecule has 2 aromatic carbocycles. The highest BCUT2D eigenvalue weighted by molar-refractivity contribution is 5.97. The number of carbonyl (C=O) groups excluding carboxylic acids is 2. The normalized spacial score (nSPS) is 11.5. The fourth-order valence-electron chi connectivity index (χ4n) is 2.05. The Labute approximate surface area is 145 Å². The van der Waals surface area contributed by atoms with Crippen LogP contribution in [0.3, 0.4) is 0 Å². The standard InChI is InChI=1S/C19H20FNO4/c1-4-24-16-9-7-15(8-10-16)21-18(22)13(3)25-19(23)14-6-5-12(2)17(20)11-14/h5-11,13H,4H2,1-3H3,(H,21,22)/t13-/m1/s1. The van der Waals surface area contributed by atoms with Gasteiger partial charge in [0.2, 0.25) is 0 Å². The highest BCUT2D eigenvalue weighted by Crippen LogP contribution is 2.16. The highest BCUT2D eigenvalue weighted by Gasteiger charge is 2.19. The van der Waals surface area contributed by atoms with Gasteiger partial charge < -0.3 is 14.8 Å². The topological polar surface area (TPSA) is 64.6 Å². The molecular formula is C19H20FNO4. The number of anilines is 1. The lowest BCUT2D eigenvalue weighted by Gasteiger charge is -2.14. The number of amides is 1. The Balaban J connectivity index is 1.94. The molecule has 0 radical (unpaired) electrons. The molecule has 1 amide bonds. The fraction of sp³-hybridized carbons (Fsp3) is 0.263. The van der Waals surface area contributed by atoms with Crippen molar-refractivity contribution in [3.63, 3.8) is 0 Å². The monoisotopic (exact) mass is 345 g/mol. The van der Waals surface area contributed by atoms with Crippen molar-refractivity contribution >= 4 is 17.6 Å². The van der Waals surface area contributed by atoms with E-state index in [2.05, 4.69) is 5.32 Å². The summed E-state index contributed by atoms with van der Waals surface area (Å²) in [5.41, 5.74) is 1.04. The number of benzene rings is 2. The molecule has 0 aliphatic rings. The Morgan fingerprint density at radius 1 is 1.16 bits per heavy atom. The van der Waals surface area contributed by atoms with Crippen LogP contribution in [0.1, 0.15) is 29.8 Å². The molecule has 1 N–H and O–H groups in total. The molecule has 5 nitrogen and oxygen atoms in total. The number of aryl methyl sites for hydroxylation is 1. The van der Waals surface area contributed by atoms with Crippen LogP contribution >= 0.6 is 0 Å². The van der Waals surface area contributed by atoms with Crippen LogP contribution in [0.5, 0.6) is 5.75 Å². The lowest BCUT2D eigenvalue weighted by Crippen LogP contribution is -2.30. The second-order valence-electron chi connectivity index (χ2n) is 5.46. The molecule has 0 saturated heterocycles. The summed E-state index contributed by atoms with van der Waals surface area (Å²) < 4.78 is 23.9. The first-order chi connectivity index (χ1) is 11.9. The van der Waals surface area contributed by atoms with Gasteiger partial charge in [-0.25, -0.2) is 9.18 Å². The molecule has 0 aromatic heterocycles. The van der Waals surface area contributed by atoms with Crippen LogP contribution < -0.4 is 10.1 Å². The first kappa shape index (κ1) is 18.4. The van der Waals surface area contributed by atoms with E-state index in [1.165, 1.54) is 19.1 Å². The number of halogens is 1. The molecule has 0 aliphatic carbocycles. The van der Waals surface area contributed by atoms with Crippen molar-refractivity contribution in [2.24, 2.45) is 0 Å². The van der Waals surface area contributed by atoms with Gasteiger partial charge in [0.05, 0.1) is 12.2 Å². The summed E-state index contributed by atoms with van der Waals surface area (Å²) in [6.07, 6.45) is -1.02. The quantitative estimate of drug-likeness (QED) is 0.811. The van der Waals surface area contributed by atoms with E-state index in [9.17, 15) is 14.0 Å². The summed E-state index contributed by atoms with van der Waals surface area (Å²) in [6, 6.07) is 10.9. The Bertz CT molecular complexity index is 759. The maximum Gasteiger partial charge on any atom is 0.339 e. The molecule has 0 spiro atoms. The average molecular weight is 345 g/mol. The predicted octanol–water partition coefficient (Wildman–Crippen LogP) is 3.72. The molecule has 0 unspecified atom stereocenters. The van der Waals surface area contributed by atoms with Crippen LogP contribution in [0.25, 0.3) is 0 Å². The average Bonchev–Trinajstić information content (AvgIpc) is 2.59. The number of hydrogen-bond donors (Lipinski definition) is 1. The minimum atomic E-state index is -1.02. The molecule has 0 fully saturated rings. The van der Waals surface area contributed by atoms with Crippen molar-refractivity contribution in [3.8, 4) is 5.75 Å². The lowest BCUT2D eigenvalue weighted by molar-refractivity contribution is -0.123. The van der Waals surface area contributed by atoms with Crippen molar-refractivity contribution in [3.05, 3.63) is 59.4 Å². The molecule has 2 aromatic rings.